The smallest absolute Gasteiger partial charge is 0.306 e. The molecule has 1 unspecified atom stereocenters. The minimum atomic E-state index is -0.805. The molecule has 0 aromatic rings. The van der Waals surface area contributed by atoms with Crippen molar-refractivity contribution in [2.75, 3.05) is 13.2 Å². The van der Waals surface area contributed by atoms with Gasteiger partial charge in [-0.2, -0.15) is 0 Å². The molecule has 0 heterocycles. The molecular formula is C75H132O6. The first-order chi connectivity index (χ1) is 40.0. The summed E-state index contributed by atoms with van der Waals surface area (Å²) in [5, 5.41) is 0. The van der Waals surface area contributed by atoms with Crippen molar-refractivity contribution >= 4 is 17.9 Å². The van der Waals surface area contributed by atoms with E-state index < -0.39 is 6.10 Å². The van der Waals surface area contributed by atoms with Crippen molar-refractivity contribution in [3.8, 4) is 0 Å². The van der Waals surface area contributed by atoms with Crippen LogP contribution in [0.15, 0.2) is 85.1 Å². The van der Waals surface area contributed by atoms with Gasteiger partial charge in [0.1, 0.15) is 13.2 Å². The maximum Gasteiger partial charge on any atom is 0.306 e. The van der Waals surface area contributed by atoms with Gasteiger partial charge >= 0.3 is 17.9 Å². The molecule has 6 heteroatoms. The summed E-state index contributed by atoms with van der Waals surface area (Å²) < 4.78 is 16.9. The Morgan fingerprint density at radius 2 is 0.481 bits per heavy atom. The summed E-state index contributed by atoms with van der Waals surface area (Å²) in [6.07, 6.45) is 92.2. The monoisotopic (exact) mass is 1130 g/mol. The van der Waals surface area contributed by atoms with Crippen LogP contribution in [-0.4, -0.2) is 37.2 Å². The molecule has 1 atom stereocenters. The highest BCUT2D eigenvalue weighted by Crippen LogP contribution is 2.18. The summed E-state index contributed by atoms with van der Waals surface area (Å²) in [6.45, 7) is 6.50. The third-order valence-corrected chi connectivity index (χ3v) is 15.4. The van der Waals surface area contributed by atoms with Crippen LogP contribution in [0.3, 0.4) is 0 Å². The summed E-state index contributed by atoms with van der Waals surface area (Å²) in [5.41, 5.74) is 0. The van der Waals surface area contributed by atoms with Crippen LogP contribution >= 0.6 is 0 Å². The van der Waals surface area contributed by atoms with Crippen LogP contribution in [-0.2, 0) is 28.6 Å². The quantitative estimate of drug-likeness (QED) is 0.0261. The van der Waals surface area contributed by atoms with Gasteiger partial charge in [0.15, 0.2) is 6.10 Å². The van der Waals surface area contributed by atoms with Crippen LogP contribution in [0.25, 0.3) is 0 Å². The molecule has 0 spiro atoms. The summed E-state index contributed by atoms with van der Waals surface area (Å²) >= 11 is 0. The highest BCUT2D eigenvalue weighted by molar-refractivity contribution is 5.71. The second-order valence-corrected chi connectivity index (χ2v) is 23.4. The van der Waals surface area contributed by atoms with E-state index >= 15 is 0 Å². The normalized spacial score (nSPS) is 12.6. The Morgan fingerprint density at radius 3 is 0.741 bits per heavy atom. The minimum absolute atomic E-state index is 0.0959. The van der Waals surface area contributed by atoms with Gasteiger partial charge in [-0.15, -0.1) is 0 Å². The van der Waals surface area contributed by atoms with Crippen LogP contribution in [0, 0.1) is 0 Å². The summed E-state index contributed by atoms with van der Waals surface area (Å²) in [5.74, 6) is -0.944. The second kappa shape index (κ2) is 69.1. The van der Waals surface area contributed by atoms with E-state index in [0.717, 1.165) is 89.9 Å². The number of unbranched alkanes of at least 4 members (excludes halogenated alkanes) is 39. The van der Waals surface area contributed by atoms with Crippen molar-refractivity contribution in [1.29, 1.82) is 0 Å². The third kappa shape index (κ3) is 67.3. The van der Waals surface area contributed by atoms with Gasteiger partial charge in [0.2, 0.25) is 0 Å². The predicted octanol–water partition coefficient (Wildman–Crippen LogP) is 24.2. The van der Waals surface area contributed by atoms with Crippen molar-refractivity contribution in [3.63, 3.8) is 0 Å². The van der Waals surface area contributed by atoms with Gasteiger partial charge in [0.05, 0.1) is 0 Å². The highest BCUT2D eigenvalue weighted by Gasteiger charge is 2.19. The molecule has 6 nitrogen and oxygen atoms in total. The maximum absolute atomic E-state index is 12.9. The van der Waals surface area contributed by atoms with Crippen molar-refractivity contribution in [2.45, 2.75) is 361 Å². The van der Waals surface area contributed by atoms with Gasteiger partial charge in [0, 0.05) is 19.3 Å². The second-order valence-electron chi connectivity index (χ2n) is 23.4. The summed E-state index contributed by atoms with van der Waals surface area (Å²) in [4.78, 5) is 38.2. The Morgan fingerprint density at radius 1 is 0.259 bits per heavy atom. The van der Waals surface area contributed by atoms with Crippen LogP contribution in [0.1, 0.15) is 355 Å². The molecule has 0 rings (SSSR count). The van der Waals surface area contributed by atoms with Crippen LogP contribution in [0.2, 0.25) is 0 Å². The van der Waals surface area contributed by atoms with E-state index in [9.17, 15) is 14.4 Å². The zero-order chi connectivity index (χ0) is 58.5. The van der Waals surface area contributed by atoms with Gasteiger partial charge in [-0.3, -0.25) is 14.4 Å². The number of rotatable bonds is 64. The lowest BCUT2D eigenvalue weighted by atomic mass is 10.0. The molecule has 0 aliphatic rings. The fraction of sp³-hybridized carbons (Fsp3) is 0.773. The number of hydrogen-bond donors (Lipinski definition) is 0. The number of allylic oxidation sites excluding steroid dienone is 14. The standard InChI is InChI=1S/C75H132O6/c1-4-7-10-13-16-19-21-23-25-27-29-31-33-34-35-36-37-38-39-40-42-43-45-47-49-51-53-56-59-62-65-68-74(77)80-71-72(70-79-73(76)67-64-61-58-55-18-15-12-9-6-3)81-75(78)69-66-63-60-57-54-52-50-48-46-44-41-32-30-28-26-24-22-20-17-14-11-8-5-2/h8,11,17,20,24,26,30,32,44,46,50,52,57,60,72H,4-7,9-10,12-16,18-19,21-23,25,27-29,31,33-43,45,47-49,51,53-56,58-59,61-71H2,1-3H3/b11-8-,20-17-,26-24-,32-30-,46-44-,52-50-,60-57-. The Balaban J connectivity index is 4.17. The first kappa shape index (κ1) is 77.6. The van der Waals surface area contributed by atoms with E-state index in [4.69, 9.17) is 14.2 Å². The summed E-state index contributed by atoms with van der Waals surface area (Å²) in [7, 11) is 0. The van der Waals surface area contributed by atoms with E-state index in [1.807, 2.05) is 0 Å². The molecule has 0 aliphatic carbocycles. The van der Waals surface area contributed by atoms with E-state index in [2.05, 4.69) is 106 Å². The fourth-order valence-electron chi connectivity index (χ4n) is 10.2. The number of esters is 3. The van der Waals surface area contributed by atoms with Gasteiger partial charge < -0.3 is 14.2 Å². The lowest BCUT2D eigenvalue weighted by Crippen LogP contribution is -2.30. The zero-order valence-electron chi connectivity index (χ0n) is 53.8. The Bertz CT molecular complexity index is 1530. The molecule has 468 valence electrons. The molecule has 0 saturated carbocycles. The molecule has 0 bridgehead atoms. The zero-order valence-corrected chi connectivity index (χ0v) is 53.8. The summed E-state index contributed by atoms with van der Waals surface area (Å²) in [6, 6.07) is 0. The lowest BCUT2D eigenvalue weighted by molar-refractivity contribution is -0.167. The van der Waals surface area contributed by atoms with E-state index in [1.165, 1.54) is 218 Å². The molecule has 0 aromatic carbocycles. The van der Waals surface area contributed by atoms with E-state index in [-0.39, 0.29) is 37.5 Å². The minimum Gasteiger partial charge on any atom is -0.462 e. The van der Waals surface area contributed by atoms with Crippen molar-refractivity contribution in [1.82, 2.24) is 0 Å². The highest BCUT2D eigenvalue weighted by atomic mass is 16.6. The molecule has 0 aromatic heterocycles. The van der Waals surface area contributed by atoms with Crippen LogP contribution < -0.4 is 0 Å². The van der Waals surface area contributed by atoms with Gasteiger partial charge in [-0.25, -0.2) is 0 Å². The average Bonchev–Trinajstić information content (AvgIpc) is 3.47. The first-order valence-electron chi connectivity index (χ1n) is 35.1. The number of ether oxygens (including phenoxy) is 3. The molecule has 0 radical (unpaired) electrons. The fourth-order valence-corrected chi connectivity index (χ4v) is 10.2. The van der Waals surface area contributed by atoms with Crippen molar-refractivity contribution in [3.05, 3.63) is 85.1 Å². The molecule has 0 aliphatic heterocycles. The molecule has 0 N–H and O–H groups in total. The SMILES string of the molecule is CC/C=C\C/C=C\C/C=C\C/C=C\C/C=C\C/C=C\C/C=C\CCCC(=O)OC(COC(=O)CCCCCCCCCCC)COC(=O)CCCCCCCCCCCCCCCCCCCCCCCCCCCCCCCCC. The Labute approximate surface area is 503 Å². The first-order valence-corrected chi connectivity index (χ1v) is 35.1. The van der Waals surface area contributed by atoms with Crippen molar-refractivity contribution < 1.29 is 28.6 Å². The number of hydrogen-bond acceptors (Lipinski definition) is 6. The van der Waals surface area contributed by atoms with Gasteiger partial charge in [0.25, 0.3) is 0 Å². The number of carbonyl (C=O) groups is 3. The maximum atomic E-state index is 12.9. The third-order valence-electron chi connectivity index (χ3n) is 15.4. The lowest BCUT2D eigenvalue weighted by Gasteiger charge is -2.18. The number of carbonyl (C=O) groups excluding carboxylic acids is 3. The van der Waals surface area contributed by atoms with Crippen LogP contribution in [0.5, 0.6) is 0 Å². The molecule has 0 amide bonds. The molecule has 0 fully saturated rings. The average molecular weight is 1130 g/mol. The van der Waals surface area contributed by atoms with E-state index in [1.54, 1.807) is 0 Å². The van der Waals surface area contributed by atoms with E-state index in [0.29, 0.717) is 19.3 Å². The van der Waals surface area contributed by atoms with Crippen molar-refractivity contribution in [2.24, 2.45) is 0 Å². The molecule has 81 heavy (non-hydrogen) atoms. The molecular weight excluding hydrogens is 997 g/mol. The largest absolute Gasteiger partial charge is 0.462 e. The predicted molar refractivity (Wildman–Crippen MR) is 353 cm³/mol. The molecule has 0 saturated heterocycles. The topological polar surface area (TPSA) is 78.9 Å². The Kier molecular flexibility index (Phi) is 66.2. The van der Waals surface area contributed by atoms with Gasteiger partial charge in [-0.1, -0.05) is 350 Å². The van der Waals surface area contributed by atoms with Crippen LogP contribution in [0.4, 0.5) is 0 Å². The Hall–Kier alpha value is -3.41. The van der Waals surface area contributed by atoms with Gasteiger partial charge in [-0.05, 0) is 70.6 Å².